The van der Waals surface area contributed by atoms with E-state index >= 15 is 0 Å². The molecule has 2 rings (SSSR count). The number of nitrogens with zero attached hydrogens (tertiary/aromatic N) is 1. The summed E-state index contributed by atoms with van der Waals surface area (Å²) in [4.78, 5) is 25.4. The van der Waals surface area contributed by atoms with E-state index in [9.17, 15) is 9.59 Å². The number of hydrogen-bond donors (Lipinski definition) is 2. The summed E-state index contributed by atoms with van der Waals surface area (Å²) in [6.45, 7) is 5.80. The molecule has 0 saturated carbocycles. The van der Waals surface area contributed by atoms with Crippen LogP contribution in [0.1, 0.15) is 37.8 Å². The third-order valence-corrected chi connectivity index (χ3v) is 4.02. The van der Waals surface area contributed by atoms with E-state index < -0.39 is 6.04 Å². The molecule has 5 nitrogen and oxygen atoms in total. The van der Waals surface area contributed by atoms with Crippen molar-refractivity contribution in [3.8, 4) is 0 Å². The standard InChI is InChI=1S/C17H25N3O2/c1-12(2)16(18)17(22)19-10-13-5-3-6-14(9-13)11-20-8-4-7-15(20)21/h3,5-6,9,12,16H,4,7-8,10-11,18H2,1-2H3,(H,19,22)/t16-/m0/s1. The molecule has 1 aliphatic rings. The Morgan fingerprint density at radius 1 is 1.36 bits per heavy atom. The summed E-state index contributed by atoms with van der Waals surface area (Å²) in [5.41, 5.74) is 7.94. The van der Waals surface area contributed by atoms with E-state index in [1.807, 2.05) is 43.0 Å². The molecule has 1 fully saturated rings. The lowest BCUT2D eigenvalue weighted by Crippen LogP contribution is -2.43. The van der Waals surface area contributed by atoms with E-state index in [1.165, 1.54) is 0 Å². The van der Waals surface area contributed by atoms with Gasteiger partial charge in [-0.15, -0.1) is 0 Å². The molecule has 1 heterocycles. The van der Waals surface area contributed by atoms with Crippen molar-refractivity contribution in [3.05, 3.63) is 35.4 Å². The molecule has 0 unspecified atom stereocenters. The number of carbonyl (C=O) groups excluding carboxylic acids is 2. The average Bonchev–Trinajstić information content (AvgIpc) is 2.89. The Morgan fingerprint density at radius 3 is 2.73 bits per heavy atom. The van der Waals surface area contributed by atoms with Crippen molar-refractivity contribution >= 4 is 11.8 Å². The quantitative estimate of drug-likeness (QED) is 0.834. The molecule has 5 heteroatoms. The summed E-state index contributed by atoms with van der Waals surface area (Å²) in [5, 5.41) is 2.87. The van der Waals surface area contributed by atoms with E-state index in [2.05, 4.69) is 5.32 Å². The topological polar surface area (TPSA) is 75.4 Å². The number of carbonyl (C=O) groups is 2. The highest BCUT2D eigenvalue weighted by Crippen LogP contribution is 2.15. The number of benzene rings is 1. The summed E-state index contributed by atoms with van der Waals surface area (Å²) < 4.78 is 0. The molecule has 22 heavy (non-hydrogen) atoms. The highest BCUT2D eigenvalue weighted by Gasteiger charge is 2.20. The lowest BCUT2D eigenvalue weighted by atomic mass is 10.0. The van der Waals surface area contributed by atoms with Crippen LogP contribution in [-0.4, -0.2) is 29.3 Å². The fourth-order valence-corrected chi connectivity index (χ4v) is 2.54. The van der Waals surface area contributed by atoms with Crippen LogP contribution >= 0.6 is 0 Å². The van der Waals surface area contributed by atoms with Crippen molar-refractivity contribution in [2.45, 2.75) is 45.8 Å². The van der Waals surface area contributed by atoms with E-state index in [4.69, 9.17) is 5.73 Å². The number of rotatable bonds is 6. The van der Waals surface area contributed by atoms with Crippen LogP contribution in [0, 0.1) is 5.92 Å². The van der Waals surface area contributed by atoms with Crippen molar-refractivity contribution in [1.29, 1.82) is 0 Å². The first-order chi connectivity index (χ1) is 10.5. The van der Waals surface area contributed by atoms with Gasteiger partial charge in [0.05, 0.1) is 6.04 Å². The van der Waals surface area contributed by atoms with Crippen LogP contribution in [0.5, 0.6) is 0 Å². The third kappa shape index (κ3) is 4.31. The monoisotopic (exact) mass is 303 g/mol. The van der Waals surface area contributed by atoms with Crippen LogP contribution in [0.25, 0.3) is 0 Å². The van der Waals surface area contributed by atoms with E-state index in [-0.39, 0.29) is 17.7 Å². The van der Waals surface area contributed by atoms with Crippen LogP contribution < -0.4 is 11.1 Å². The zero-order valence-corrected chi connectivity index (χ0v) is 13.3. The Labute approximate surface area is 131 Å². The van der Waals surface area contributed by atoms with E-state index in [0.717, 1.165) is 24.1 Å². The van der Waals surface area contributed by atoms with Crippen LogP contribution in [0.4, 0.5) is 0 Å². The molecule has 1 saturated heterocycles. The minimum atomic E-state index is -0.481. The van der Waals surface area contributed by atoms with Gasteiger partial charge < -0.3 is 16.0 Å². The first-order valence-electron chi connectivity index (χ1n) is 7.86. The molecule has 2 amide bonds. The summed E-state index contributed by atoms with van der Waals surface area (Å²) in [6, 6.07) is 7.49. The smallest absolute Gasteiger partial charge is 0.237 e. The zero-order valence-electron chi connectivity index (χ0n) is 13.3. The first-order valence-corrected chi connectivity index (χ1v) is 7.86. The Hall–Kier alpha value is -1.88. The minimum Gasteiger partial charge on any atom is -0.351 e. The third-order valence-electron chi connectivity index (χ3n) is 4.02. The maximum absolute atomic E-state index is 11.9. The minimum absolute atomic E-state index is 0.118. The molecule has 0 aliphatic carbocycles. The van der Waals surface area contributed by atoms with Crippen molar-refractivity contribution in [2.75, 3.05) is 6.54 Å². The SMILES string of the molecule is CC(C)[C@H](N)C(=O)NCc1cccc(CN2CCCC2=O)c1. The maximum atomic E-state index is 11.9. The van der Waals surface area contributed by atoms with Crippen molar-refractivity contribution < 1.29 is 9.59 Å². The lowest BCUT2D eigenvalue weighted by molar-refractivity contribution is -0.128. The Bertz CT molecular complexity index is 542. The summed E-state index contributed by atoms with van der Waals surface area (Å²) in [6.07, 6.45) is 1.60. The molecule has 1 aliphatic heterocycles. The highest BCUT2D eigenvalue weighted by molar-refractivity contribution is 5.81. The van der Waals surface area contributed by atoms with Gasteiger partial charge >= 0.3 is 0 Å². The maximum Gasteiger partial charge on any atom is 0.237 e. The van der Waals surface area contributed by atoms with E-state index in [1.54, 1.807) is 0 Å². The number of hydrogen-bond acceptors (Lipinski definition) is 3. The van der Waals surface area contributed by atoms with Gasteiger partial charge in [0, 0.05) is 26.1 Å². The van der Waals surface area contributed by atoms with Crippen molar-refractivity contribution in [3.63, 3.8) is 0 Å². The van der Waals surface area contributed by atoms with E-state index in [0.29, 0.717) is 19.5 Å². The predicted octanol–water partition coefficient (Wildman–Crippen LogP) is 1.41. The van der Waals surface area contributed by atoms with Crippen LogP contribution in [-0.2, 0) is 22.7 Å². The van der Waals surface area contributed by atoms with Gasteiger partial charge in [0.15, 0.2) is 0 Å². The fraction of sp³-hybridized carbons (Fsp3) is 0.529. The van der Waals surface area contributed by atoms with Crippen LogP contribution in [0.2, 0.25) is 0 Å². The van der Waals surface area contributed by atoms with Gasteiger partial charge in [-0.05, 0) is 23.5 Å². The van der Waals surface area contributed by atoms with Crippen LogP contribution in [0.3, 0.4) is 0 Å². The largest absolute Gasteiger partial charge is 0.351 e. The molecule has 3 N–H and O–H groups in total. The van der Waals surface area contributed by atoms with Gasteiger partial charge in [-0.3, -0.25) is 9.59 Å². The molecule has 0 bridgehead atoms. The summed E-state index contributed by atoms with van der Waals surface area (Å²) in [5.74, 6) is 0.212. The zero-order chi connectivity index (χ0) is 16.1. The molecule has 120 valence electrons. The number of likely N-dealkylation sites (tertiary alicyclic amines) is 1. The van der Waals surface area contributed by atoms with Gasteiger partial charge in [0.25, 0.3) is 0 Å². The second-order valence-electron chi connectivity index (χ2n) is 6.23. The summed E-state index contributed by atoms with van der Waals surface area (Å²) in [7, 11) is 0. The lowest BCUT2D eigenvalue weighted by Gasteiger charge is -2.17. The van der Waals surface area contributed by atoms with Gasteiger partial charge in [0.2, 0.25) is 11.8 Å². The highest BCUT2D eigenvalue weighted by atomic mass is 16.2. The first kappa shape index (κ1) is 16.5. The average molecular weight is 303 g/mol. The molecule has 0 aromatic heterocycles. The van der Waals surface area contributed by atoms with Gasteiger partial charge in [0.1, 0.15) is 0 Å². The van der Waals surface area contributed by atoms with Gasteiger partial charge in [-0.2, -0.15) is 0 Å². The molecule has 1 aromatic carbocycles. The second kappa shape index (κ2) is 7.40. The van der Waals surface area contributed by atoms with Crippen LogP contribution in [0.15, 0.2) is 24.3 Å². The van der Waals surface area contributed by atoms with Gasteiger partial charge in [-0.1, -0.05) is 38.1 Å². The van der Waals surface area contributed by atoms with Crippen molar-refractivity contribution in [1.82, 2.24) is 10.2 Å². The number of amides is 2. The molecule has 0 radical (unpaired) electrons. The molecular formula is C17H25N3O2. The second-order valence-corrected chi connectivity index (χ2v) is 6.23. The van der Waals surface area contributed by atoms with Crippen molar-refractivity contribution in [2.24, 2.45) is 11.7 Å². The molecular weight excluding hydrogens is 278 g/mol. The normalized spacial score (nSPS) is 16.2. The number of nitrogens with two attached hydrogens (primary N) is 1. The van der Waals surface area contributed by atoms with Gasteiger partial charge in [-0.25, -0.2) is 0 Å². The molecule has 1 atom stereocenters. The molecule has 0 spiro atoms. The summed E-state index contributed by atoms with van der Waals surface area (Å²) >= 11 is 0. The molecule has 1 aromatic rings. The Kier molecular flexibility index (Phi) is 5.55. The Morgan fingerprint density at radius 2 is 2.09 bits per heavy atom. The number of nitrogens with one attached hydrogen (secondary N) is 1. The fourth-order valence-electron chi connectivity index (χ4n) is 2.54. The Balaban J connectivity index is 1.91. The predicted molar refractivity (Wildman–Crippen MR) is 85.8 cm³/mol.